The van der Waals surface area contributed by atoms with Gasteiger partial charge in [-0.2, -0.15) is 0 Å². The number of phosphoric acid groups is 1. The second-order valence-electron chi connectivity index (χ2n) is 13.1. The number of phosphoric ester groups is 1. The fourth-order valence-electron chi connectivity index (χ4n) is 3.59. The van der Waals surface area contributed by atoms with Crippen LogP contribution in [0.3, 0.4) is 0 Å². The Morgan fingerprint density at radius 3 is 1.12 bits per heavy atom. The van der Waals surface area contributed by atoms with Crippen molar-refractivity contribution >= 4 is 25.2 Å². The van der Waals surface area contributed by atoms with Crippen molar-refractivity contribution in [2.75, 3.05) is 0 Å². The van der Waals surface area contributed by atoms with Crippen LogP contribution in [-0.2, 0) is 26.2 Å². The second-order valence-corrected chi connectivity index (χ2v) is 14.4. The molecule has 1 N–H and O–H groups in total. The highest BCUT2D eigenvalue weighted by Crippen LogP contribution is 2.50. The molecule has 0 aliphatic rings. The van der Waals surface area contributed by atoms with Gasteiger partial charge < -0.3 is 9.05 Å². The molecule has 2 rings (SSSR count). The highest BCUT2D eigenvalue weighted by molar-refractivity contribution is 7.48. The Morgan fingerprint density at radius 1 is 0.588 bits per heavy atom. The van der Waals surface area contributed by atoms with Gasteiger partial charge in [-0.15, -0.1) is 0 Å². The monoisotopic (exact) mass is 504 g/mol. The Kier molecular flexibility index (Phi) is 9.08. The maximum absolute atomic E-state index is 13.2. The predicted octanol–water partition coefficient (Wildman–Crippen LogP) is 7.25. The molecule has 2 aromatic rings. The molecule has 34 heavy (non-hydrogen) atoms. The molecule has 0 bridgehead atoms. The summed E-state index contributed by atoms with van der Waals surface area (Å²) in [6, 6.07) is 11.6. The van der Waals surface area contributed by atoms with Crippen molar-refractivity contribution in [3.8, 4) is 11.5 Å². The Bertz CT molecular complexity index is 967. The summed E-state index contributed by atoms with van der Waals surface area (Å²) in [6.07, 6.45) is 0. The van der Waals surface area contributed by atoms with E-state index >= 15 is 0 Å². The Hall–Kier alpha value is -1.24. The topological polar surface area (TPSA) is 55.8 Å². The molecule has 0 aliphatic carbocycles. The lowest BCUT2D eigenvalue weighted by atomic mass is 9.80. The van der Waals surface area contributed by atoms with Crippen LogP contribution in [0.1, 0.15) is 105 Å². The Labute approximate surface area is 218 Å². The third-order valence-electron chi connectivity index (χ3n) is 5.73. The average Bonchev–Trinajstić information content (AvgIpc) is 2.57. The summed E-state index contributed by atoms with van der Waals surface area (Å²) >= 11 is 0. The van der Waals surface area contributed by atoms with Crippen LogP contribution in [-0.4, -0.2) is 22.3 Å². The van der Waals surface area contributed by atoms with Crippen molar-refractivity contribution in [1.29, 1.82) is 0 Å². The number of benzene rings is 2. The molecule has 0 spiro atoms. The van der Waals surface area contributed by atoms with Crippen molar-refractivity contribution in [3.63, 3.8) is 0 Å². The molecule has 0 saturated heterocycles. The zero-order valence-corrected chi connectivity index (χ0v) is 23.5. The maximum atomic E-state index is 13.2. The van der Waals surface area contributed by atoms with E-state index < -0.39 is 7.82 Å². The van der Waals surface area contributed by atoms with Gasteiger partial charge in [0.05, 0.1) is 0 Å². The van der Waals surface area contributed by atoms with Gasteiger partial charge in [-0.1, -0.05) is 107 Å². The van der Waals surface area contributed by atoms with Gasteiger partial charge in [-0.25, -0.2) is 4.57 Å². The molecule has 0 fully saturated rings. The van der Waals surface area contributed by atoms with Gasteiger partial charge in [0, 0.05) is 11.1 Å². The number of rotatable bonds is 4. The van der Waals surface area contributed by atoms with E-state index in [1.165, 1.54) is 0 Å². The van der Waals surface area contributed by atoms with E-state index in [-0.39, 0.29) is 39.0 Å². The SMILES string of the molecule is CC(C)(C)c1ccc(OP(=O)(O)Oc2ccc(C(C)(C)C)cc2C(C)(C)C)c(C(C)(C)C)c1.[AlH3]. The van der Waals surface area contributed by atoms with E-state index in [4.69, 9.17) is 9.05 Å². The van der Waals surface area contributed by atoms with E-state index in [0.29, 0.717) is 11.5 Å². The largest absolute Gasteiger partial charge is 0.584 e. The number of hydrogen-bond donors (Lipinski definition) is 1. The van der Waals surface area contributed by atoms with Crippen molar-refractivity contribution < 1.29 is 18.5 Å². The van der Waals surface area contributed by atoms with Crippen LogP contribution in [0.2, 0.25) is 0 Å². The lowest BCUT2D eigenvalue weighted by Crippen LogP contribution is -2.18. The van der Waals surface area contributed by atoms with Gasteiger partial charge in [0.2, 0.25) is 0 Å². The summed E-state index contributed by atoms with van der Waals surface area (Å²) in [7, 11) is -4.44. The molecule has 0 saturated carbocycles. The highest BCUT2D eigenvalue weighted by Gasteiger charge is 2.33. The molecule has 2 aromatic carbocycles. The minimum absolute atomic E-state index is 0. The Balaban J connectivity index is 0.00000578. The molecule has 0 unspecified atom stereocenters. The van der Waals surface area contributed by atoms with Crippen molar-refractivity contribution in [2.24, 2.45) is 0 Å². The minimum atomic E-state index is -4.44. The molecule has 0 aliphatic heterocycles. The summed E-state index contributed by atoms with van der Waals surface area (Å²) in [5.74, 6) is 0.731. The molecule has 0 atom stereocenters. The molecule has 0 aromatic heterocycles. The normalized spacial score (nSPS) is 13.3. The van der Waals surface area contributed by atoms with Crippen molar-refractivity contribution in [2.45, 2.75) is 105 Å². The quantitative estimate of drug-likeness (QED) is 0.352. The average molecular weight is 505 g/mol. The second kappa shape index (κ2) is 10.0. The van der Waals surface area contributed by atoms with Gasteiger partial charge >= 0.3 is 7.82 Å². The van der Waals surface area contributed by atoms with Gasteiger partial charge in [-0.3, -0.25) is 4.89 Å². The first kappa shape index (κ1) is 30.8. The zero-order valence-electron chi connectivity index (χ0n) is 22.6. The molecule has 0 radical (unpaired) electrons. The number of hydrogen-bond acceptors (Lipinski definition) is 3. The lowest BCUT2D eigenvalue weighted by Gasteiger charge is -2.29. The van der Waals surface area contributed by atoms with Gasteiger partial charge in [-0.05, 0) is 44.9 Å². The molecule has 0 amide bonds. The minimum Gasteiger partial charge on any atom is -0.395 e. The predicted molar refractivity (Wildman–Crippen MR) is 149 cm³/mol. The molecular formula is C28H46AlO4P. The van der Waals surface area contributed by atoms with E-state index in [1.807, 2.05) is 12.1 Å². The molecular weight excluding hydrogens is 458 g/mol. The summed E-state index contributed by atoms with van der Waals surface area (Å²) in [5.41, 5.74) is 3.37. The molecule has 4 nitrogen and oxygen atoms in total. The molecule has 0 heterocycles. The third-order valence-corrected chi connectivity index (χ3v) is 6.59. The van der Waals surface area contributed by atoms with Crippen LogP contribution in [0.15, 0.2) is 36.4 Å². The van der Waals surface area contributed by atoms with Crippen molar-refractivity contribution in [3.05, 3.63) is 58.7 Å². The summed E-state index contributed by atoms with van der Waals surface area (Å²) in [6.45, 7) is 25.2. The highest BCUT2D eigenvalue weighted by atomic mass is 31.2. The van der Waals surface area contributed by atoms with Crippen LogP contribution in [0, 0.1) is 0 Å². The first-order chi connectivity index (χ1) is 14.6. The van der Waals surface area contributed by atoms with Crippen LogP contribution in [0.25, 0.3) is 0 Å². The third kappa shape index (κ3) is 7.89. The summed E-state index contributed by atoms with van der Waals surface area (Å²) in [4.78, 5) is 10.8. The molecule has 6 heteroatoms. The van der Waals surface area contributed by atoms with E-state index in [1.54, 1.807) is 12.1 Å². The first-order valence-electron chi connectivity index (χ1n) is 11.6. The summed E-state index contributed by atoms with van der Waals surface area (Å²) in [5, 5.41) is 0. The van der Waals surface area contributed by atoms with Gasteiger partial charge in [0.15, 0.2) is 17.4 Å². The lowest BCUT2D eigenvalue weighted by molar-refractivity contribution is 0.286. The van der Waals surface area contributed by atoms with Gasteiger partial charge in [0.1, 0.15) is 11.5 Å². The van der Waals surface area contributed by atoms with E-state index in [0.717, 1.165) is 22.3 Å². The van der Waals surface area contributed by atoms with Crippen LogP contribution < -0.4 is 9.05 Å². The maximum Gasteiger partial charge on any atom is 0.584 e. The zero-order chi connectivity index (χ0) is 25.6. The summed E-state index contributed by atoms with van der Waals surface area (Å²) < 4.78 is 24.6. The standard InChI is InChI=1S/C28H43O4P.Al.3H/c1-25(2,3)19-13-15-23(21(17-19)27(7,8)9)31-33(29,30)32-24-16-14-20(26(4,5)6)18-22(24)28(10,11)12;;;;/h13-18H,1-12H3,(H,29,30);;;;. The smallest absolute Gasteiger partial charge is 0.395 e. The molecule has 190 valence electrons. The fraction of sp³-hybridized carbons (Fsp3) is 0.571. The first-order valence-corrected chi connectivity index (χ1v) is 13.1. The van der Waals surface area contributed by atoms with Crippen LogP contribution >= 0.6 is 7.82 Å². The Morgan fingerprint density at radius 2 is 0.882 bits per heavy atom. The van der Waals surface area contributed by atoms with Crippen LogP contribution in [0.4, 0.5) is 0 Å². The van der Waals surface area contributed by atoms with E-state index in [9.17, 15) is 9.46 Å². The van der Waals surface area contributed by atoms with E-state index in [2.05, 4.69) is 95.2 Å². The van der Waals surface area contributed by atoms with Crippen molar-refractivity contribution in [1.82, 2.24) is 0 Å². The van der Waals surface area contributed by atoms with Crippen LogP contribution in [0.5, 0.6) is 11.5 Å². The van der Waals surface area contributed by atoms with Gasteiger partial charge in [0.25, 0.3) is 0 Å². The fourth-order valence-corrected chi connectivity index (χ4v) is 4.44.